The van der Waals surface area contributed by atoms with Crippen molar-refractivity contribution in [2.24, 2.45) is 0 Å². The predicted octanol–water partition coefficient (Wildman–Crippen LogP) is 5.32. The minimum atomic E-state index is -3.89. The first kappa shape index (κ1) is 20.9. The molecule has 5 nitrogen and oxygen atoms in total. The number of sulfonamides is 1. The highest BCUT2D eigenvalue weighted by atomic mass is 35.5. The zero-order valence-electron chi connectivity index (χ0n) is 16.3. The van der Waals surface area contributed by atoms with E-state index in [-0.39, 0.29) is 10.8 Å². The van der Waals surface area contributed by atoms with Crippen molar-refractivity contribution in [1.82, 2.24) is 0 Å². The molecule has 0 saturated carbocycles. The maximum absolute atomic E-state index is 12.9. The Morgan fingerprint density at radius 2 is 1.62 bits per heavy atom. The van der Waals surface area contributed by atoms with Gasteiger partial charge in [-0.25, -0.2) is 8.42 Å². The summed E-state index contributed by atoms with van der Waals surface area (Å²) in [6.45, 7) is 5.51. The van der Waals surface area contributed by atoms with Crippen LogP contribution in [0.3, 0.4) is 0 Å². The molecular formula is C22H21ClN2O3S. The van der Waals surface area contributed by atoms with Gasteiger partial charge in [-0.05, 0) is 62.2 Å². The molecule has 2 N–H and O–H groups in total. The number of benzene rings is 3. The first-order chi connectivity index (χ1) is 13.7. The van der Waals surface area contributed by atoms with Gasteiger partial charge in [0.15, 0.2) is 0 Å². The summed E-state index contributed by atoms with van der Waals surface area (Å²) in [5.74, 6) is -0.297. The van der Waals surface area contributed by atoms with Crippen molar-refractivity contribution >= 4 is 38.9 Å². The minimum absolute atomic E-state index is 0.0656. The molecule has 0 aromatic heterocycles. The number of anilines is 2. The van der Waals surface area contributed by atoms with E-state index in [9.17, 15) is 13.2 Å². The van der Waals surface area contributed by atoms with Crippen LogP contribution in [0.4, 0.5) is 11.4 Å². The zero-order chi connectivity index (χ0) is 21.2. The molecule has 0 saturated heterocycles. The summed E-state index contributed by atoms with van der Waals surface area (Å²) in [5.41, 5.74) is 3.68. The molecule has 3 aromatic carbocycles. The third-order valence-corrected chi connectivity index (χ3v) is 6.32. The van der Waals surface area contributed by atoms with E-state index >= 15 is 0 Å². The lowest BCUT2D eigenvalue weighted by Gasteiger charge is -2.14. The van der Waals surface area contributed by atoms with E-state index in [0.717, 1.165) is 11.1 Å². The first-order valence-electron chi connectivity index (χ1n) is 8.94. The third-order valence-electron chi connectivity index (χ3n) is 4.48. The Labute approximate surface area is 175 Å². The molecule has 1 amide bonds. The topological polar surface area (TPSA) is 75.3 Å². The average Bonchev–Trinajstić information content (AvgIpc) is 2.65. The van der Waals surface area contributed by atoms with Gasteiger partial charge in [-0.3, -0.25) is 9.52 Å². The molecule has 3 aromatic rings. The molecule has 0 aliphatic carbocycles. The van der Waals surface area contributed by atoms with Crippen LogP contribution in [0.25, 0.3) is 0 Å². The standard InChI is InChI=1S/C22H21ClN2O3S/c1-14-8-11-18(16(3)12-14)22(26)24-17-10-9-15(2)21(13-17)29(27,28)25-20-7-5-4-6-19(20)23/h4-13,25H,1-3H3,(H,24,26). The molecule has 0 spiro atoms. The number of aryl methyl sites for hydroxylation is 3. The van der Waals surface area contributed by atoms with Crippen molar-refractivity contribution < 1.29 is 13.2 Å². The maximum Gasteiger partial charge on any atom is 0.262 e. The third kappa shape index (κ3) is 4.78. The van der Waals surface area contributed by atoms with Gasteiger partial charge in [-0.1, -0.05) is 47.5 Å². The molecule has 0 atom stereocenters. The van der Waals surface area contributed by atoms with Crippen LogP contribution in [-0.4, -0.2) is 14.3 Å². The summed E-state index contributed by atoms with van der Waals surface area (Å²) >= 11 is 6.07. The molecular weight excluding hydrogens is 408 g/mol. The van der Waals surface area contributed by atoms with Crippen LogP contribution in [0.1, 0.15) is 27.0 Å². The van der Waals surface area contributed by atoms with Crippen molar-refractivity contribution in [1.29, 1.82) is 0 Å². The molecule has 0 heterocycles. The Bertz CT molecular complexity index is 1190. The molecule has 0 aliphatic rings. The second-order valence-electron chi connectivity index (χ2n) is 6.84. The van der Waals surface area contributed by atoms with E-state index in [0.29, 0.717) is 27.5 Å². The second kappa shape index (κ2) is 8.27. The van der Waals surface area contributed by atoms with Crippen molar-refractivity contribution in [3.05, 3.63) is 87.9 Å². The number of amides is 1. The number of hydrogen-bond donors (Lipinski definition) is 2. The molecule has 0 radical (unpaired) electrons. The van der Waals surface area contributed by atoms with E-state index in [1.165, 1.54) is 6.07 Å². The van der Waals surface area contributed by atoms with Gasteiger partial charge < -0.3 is 5.32 Å². The number of para-hydroxylation sites is 1. The lowest BCUT2D eigenvalue weighted by atomic mass is 10.1. The van der Waals surface area contributed by atoms with Gasteiger partial charge in [0.25, 0.3) is 15.9 Å². The van der Waals surface area contributed by atoms with Gasteiger partial charge in [-0.15, -0.1) is 0 Å². The number of hydrogen-bond acceptors (Lipinski definition) is 3. The van der Waals surface area contributed by atoms with E-state index in [1.54, 1.807) is 49.4 Å². The summed E-state index contributed by atoms with van der Waals surface area (Å²) in [5, 5.41) is 3.08. The fourth-order valence-corrected chi connectivity index (χ4v) is 4.57. The zero-order valence-corrected chi connectivity index (χ0v) is 17.9. The second-order valence-corrected chi connectivity index (χ2v) is 8.90. The Balaban J connectivity index is 1.89. The number of carbonyl (C=O) groups excluding carboxylic acids is 1. The fourth-order valence-electron chi connectivity index (χ4n) is 2.98. The lowest BCUT2D eigenvalue weighted by Crippen LogP contribution is -2.17. The summed E-state index contributed by atoms with van der Waals surface area (Å²) in [7, 11) is -3.89. The van der Waals surface area contributed by atoms with Gasteiger partial charge in [0, 0.05) is 11.3 Å². The molecule has 150 valence electrons. The maximum atomic E-state index is 12.9. The van der Waals surface area contributed by atoms with E-state index < -0.39 is 10.0 Å². The van der Waals surface area contributed by atoms with Crippen LogP contribution in [0.15, 0.2) is 65.6 Å². The smallest absolute Gasteiger partial charge is 0.262 e. The molecule has 0 unspecified atom stereocenters. The van der Waals surface area contributed by atoms with Crippen molar-refractivity contribution in [2.75, 3.05) is 10.0 Å². The van der Waals surface area contributed by atoms with Crippen LogP contribution in [0, 0.1) is 20.8 Å². The van der Waals surface area contributed by atoms with Crippen LogP contribution in [0.2, 0.25) is 5.02 Å². The van der Waals surface area contributed by atoms with Crippen LogP contribution in [-0.2, 0) is 10.0 Å². The highest BCUT2D eigenvalue weighted by Gasteiger charge is 2.19. The van der Waals surface area contributed by atoms with Crippen LogP contribution < -0.4 is 10.0 Å². The van der Waals surface area contributed by atoms with E-state index in [1.807, 2.05) is 26.0 Å². The van der Waals surface area contributed by atoms with Gasteiger partial charge in [-0.2, -0.15) is 0 Å². The highest BCUT2D eigenvalue weighted by molar-refractivity contribution is 7.92. The van der Waals surface area contributed by atoms with Crippen molar-refractivity contribution in [2.45, 2.75) is 25.7 Å². The van der Waals surface area contributed by atoms with Crippen LogP contribution in [0.5, 0.6) is 0 Å². The Kier molecular flexibility index (Phi) is 5.96. The van der Waals surface area contributed by atoms with Gasteiger partial charge in [0.2, 0.25) is 0 Å². The molecule has 0 bridgehead atoms. The SMILES string of the molecule is Cc1ccc(C(=O)Nc2ccc(C)c(S(=O)(=O)Nc3ccccc3Cl)c2)c(C)c1. The number of halogens is 1. The molecule has 0 fully saturated rings. The molecule has 7 heteroatoms. The quantitative estimate of drug-likeness (QED) is 0.577. The van der Waals surface area contributed by atoms with Crippen molar-refractivity contribution in [3.63, 3.8) is 0 Å². The Hall–Kier alpha value is -2.83. The summed E-state index contributed by atoms with van der Waals surface area (Å²) < 4.78 is 28.3. The summed E-state index contributed by atoms with van der Waals surface area (Å²) in [6.07, 6.45) is 0. The highest BCUT2D eigenvalue weighted by Crippen LogP contribution is 2.27. The molecule has 29 heavy (non-hydrogen) atoms. The average molecular weight is 429 g/mol. The molecule has 3 rings (SSSR count). The number of rotatable bonds is 5. The molecule has 0 aliphatic heterocycles. The fraction of sp³-hybridized carbons (Fsp3) is 0.136. The number of carbonyl (C=O) groups is 1. The first-order valence-corrected chi connectivity index (χ1v) is 10.8. The summed E-state index contributed by atoms with van der Waals surface area (Å²) in [4.78, 5) is 12.7. The summed E-state index contributed by atoms with van der Waals surface area (Å²) in [6, 6.07) is 16.9. The number of nitrogens with one attached hydrogen (secondary N) is 2. The normalized spacial score (nSPS) is 11.2. The monoisotopic (exact) mass is 428 g/mol. The van der Waals surface area contributed by atoms with Crippen LogP contribution >= 0.6 is 11.6 Å². The predicted molar refractivity (Wildman–Crippen MR) is 117 cm³/mol. The largest absolute Gasteiger partial charge is 0.322 e. The lowest BCUT2D eigenvalue weighted by molar-refractivity contribution is 0.102. The Morgan fingerprint density at radius 3 is 2.31 bits per heavy atom. The minimum Gasteiger partial charge on any atom is -0.322 e. The van der Waals surface area contributed by atoms with Gasteiger partial charge in [0.1, 0.15) is 0 Å². The van der Waals surface area contributed by atoms with Gasteiger partial charge in [0.05, 0.1) is 15.6 Å². The van der Waals surface area contributed by atoms with Crippen molar-refractivity contribution in [3.8, 4) is 0 Å². The van der Waals surface area contributed by atoms with E-state index in [4.69, 9.17) is 11.6 Å². The van der Waals surface area contributed by atoms with E-state index in [2.05, 4.69) is 10.0 Å². The van der Waals surface area contributed by atoms with Gasteiger partial charge >= 0.3 is 0 Å². The Morgan fingerprint density at radius 1 is 0.897 bits per heavy atom.